The normalized spacial score (nSPS) is 11.0. The van der Waals surface area contributed by atoms with Crippen molar-refractivity contribution in [2.75, 3.05) is 5.32 Å². The lowest BCUT2D eigenvalue weighted by Gasteiger charge is -2.17. The second kappa shape index (κ2) is 5.33. The Balaban J connectivity index is 3.00. The van der Waals surface area contributed by atoms with Crippen LogP contribution in [0.5, 0.6) is 0 Å². The zero-order valence-electron chi connectivity index (χ0n) is 10.8. The smallest absolute Gasteiger partial charge is 0.224 e. The molecule has 0 atom stereocenters. The fourth-order valence-corrected chi connectivity index (χ4v) is 2.68. The van der Waals surface area contributed by atoms with Gasteiger partial charge in [0.05, 0.1) is 5.56 Å². The van der Waals surface area contributed by atoms with Gasteiger partial charge in [0.25, 0.3) is 0 Å². The van der Waals surface area contributed by atoms with Crippen LogP contribution in [0.15, 0.2) is 5.38 Å². The van der Waals surface area contributed by atoms with E-state index in [4.69, 9.17) is 0 Å². The molecular formula is C13H18N2OS. The molecule has 0 saturated heterocycles. The van der Waals surface area contributed by atoms with Crippen LogP contribution in [0.2, 0.25) is 0 Å². The van der Waals surface area contributed by atoms with E-state index in [0.29, 0.717) is 17.0 Å². The van der Waals surface area contributed by atoms with Crippen LogP contribution in [0.1, 0.15) is 51.7 Å². The van der Waals surface area contributed by atoms with Gasteiger partial charge in [-0.1, -0.05) is 27.7 Å². The number of nitriles is 1. The summed E-state index contributed by atoms with van der Waals surface area (Å²) in [6.45, 7) is 8.15. The van der Waals surface area contributed by atoms with Crippen molar-refractivity contribution in [2.45, 2.75) is 46.0 Å². The Morgan fingerprint density at radius 2 is 2.18 bits per heavy atom. The number of rotatable bonds is 3. The molecule has 1 aromatic heterocycles. The summed E-state index contributed by atoms with van der Waals surface area (Å²) in [5, 5.41) is 14.6. The minimum Gasteiger partial charge on any atom is -0.317 e. The fourth-order valence-electron chi connectivity index (χ4n) is 1.53. The molecule has 1 N–H and O–H groups in total. The summed E-state index contributed by atoms with van der Waals surface area (Å²) >= 11 is 1.43. The van der Waals surface area contributed by atoms with Gasteiger partial charge in [0.15, 0.2) is 0 Å². The lowest BCUT2D eigenvalue weighted by Crippen LogP contribution is -2.14. The van der Waals surface area contributed by atoms with Gasteiger partial charge in [-0.05, 0) is 22.8 Å². The van der Waals surface area contributed by atoms with E-state index in [9.17, 15) is 10.1 Å². The largest absolute Gasteiger partial charge is 0.317 e. The molecule has 1 rings (SSSR count). The molecule has 0 aliphatic rings. The van der Waals surface area contributed by atoms with Crippen molar-refractivity contribution >= 4 is 22.2 Å². The Morgan fingerprint density at radius 3 is 2.65 bits per heavy atom. The van der Waals surface area contributed by atoms with Crippen LogP contribution in [0.3, 0.4) is 0 Å². The minimum absolute atomic E-state index is 0.0219. The minimum atomic E-state index is -0.0741. The highest BCUT2D eigenvalue weighted by Gasteiger charge is 2.22. The monoisotopic (exact) mass is 250 g/mol. The molecule has 3 nitrogen and oxygen atoms in total. The molecule has 0 unspecified atom stereocenters. The number of thiophene rings is 1. The summed E-state index contributed by atoms with van der Waals surface area (Å²) in [6.07, 6.45) is 1.30. The maximum Gasteiger partial charge on any atom is 0.224 e. The Morgan fingerprint density at radius 1 is 1.53 bits per heavy atom. The Bertz CT molecular complexity index is 449. The van der Waals surface area contributed by atoms with Crippen molar-refractivity contribution in [3.05, 3.63) is 16.5 Å². The van der Waals surface area contributed by atoms with Crippen molar-refractivity contribution < 1.29 is 4.79 Å². The number of hydrogen-bond donors (Lipinski definition) is 1. The molecule has 1 amide bonds. The zero-order valence-corrected chi connectivity index (χ0v) is 11.6. The molecule has 0 fully saturated rings. The number of hydrogen-bond acceptors (Lipinski definition) is 3. The van der Waals surface area contributed by atoms with Crippen LogP contribution in [-0.4, -0.2) is 5.91 Å². The van der Waals surface area contributed by atoms with Gasteiger partial charge in [-0.2, -0.15) is 5.26 Å². The standard InChI is InChI=1S/C13H18N2OS/c1-5-6-11(16)15-12-9(7-14)10(8-17-12)13(2,3)4/h8H,5-6H2,1-4H3,(H,15,16). The van der Waals surface area contributed by atoms with Crippen LogP contribution in [0, 0.1) is 11.3 Å². The molecule has 17 heavy (non-hydrogen) atoms. The van der Waals surface area contributed by atoms with Gasteiger partial charge in [0.2, 0.25) is 5.91 Å². The van der Waals surface area contributed by atoms with Crippen LogP contribution >= 0.6 is 11.3 Å². The van der Waals surface area contributed by atoms with Gasteiger partial charge in [-0.3, -0.25) is 4.79 Å². The molecule has 0 saturated carbocycles. The number of nitrogens with zero attached hydrogens (tertiary/aromatic N) is 1. The lowest BCUT2D eigenvalue weighted by atomic mass is 9.86. The Labute approximate surface area is 106 Å². The van der Waals surface area contributed by atoms with Gasteiger partial charge in [0, 0.05) is 6.42 Å². The highest BCUT2D eigenvalue weighted by Crippen LogP contribution is 2.35. The molecule has 0 spiro atoms. The first-order valence-electron chi connectivity index (χ1n) is 5.72. The average molecular weight is 250 g/mol. The van der Waals surface area contributed by atoms with Crippen LogP contribution in [-0.2, 0) is 10.2 Å². The molecule has 0 radical (unpaired) electrons. The van der Waals surface area contributed by atoms with E-state index in [1.165, 1.54) is 11.3 Å². The highest BCUT2D eigenvalue weighted by molar-refractivity contribution is 7.14. The number of carbonyl (C=O) groups excluding carboxylic acids is 1. The third-order valence-corrected chi connectivity index (χ3v) is 3.34. The van der Waals surface area contributed by atoms with E-state index >= 15 is 0 Å². The molecular weight excluding hydrogens is 232 g/mol. The van der Waals surface area contributed by atoms with Gasteiger partial charge in [-0.25, -0.2) is 0 Å². The zero-order chi connectivity index (χ0) is 13.1. The summed E-state index contributed by atoms with van der Waals surface area (Å²) < 4.78 is 0. The summed E-state index contributed by atoms with van der Waals surface area (Å²) in [4.78, 5) is 11.5. The van der Waals surface area contributed by atoms with E-state index in [1.54, 1.807) is 0 Å². The van der Waals surface area contributed by atoms with Gasteiger partial charge < -0.3 is 5.32 Å². The van der Waals surface area contributed by atoms with E-state index in [2.05, 4.69) is 32.2 Å². The van der Waals surface area contributed by atoms with Crippen molar-refractivity contribution in [3.63, 3.8) is 0 Å². The van der Waals surface area contributed by atoms with E-state index < -0.39 is 0 Å². The fraction of sp³-hybridized carbons (Fsp3) is 0.538. The Hall–Kier alpha value is -1.34. The predicted octanol–water partition coefficient (Wildman–Crippen LogP) is 3.66. The molecule has 92 valence electrons. The maximum atomic E-state index is 11.5. The first-order chi connectivity index (χ1) is 7.90. The topological polar surface area (TPSA) is 52.9 Å². The van der Waals surface area contributed by atoms with Gasteiger partial charge in [0.1, 0.15) is 11.1 Å². The number of carbonyl (C=O) groups is 1. The maximum absolute atomic E-state index is 11.5. The van der Waals surface area contributed by atoms with Crippen molar-refractivity contribution in [2.24, 2.45) is 0 Å². The summed E-state index contributed by atoms with van der Waals surface area (Å²) in [5.41, 5.74) is 1.53. The van der Waals surface area contributed by atoms with Gasteiger partial charge >= 0.3 is 0 Å². The van der Waals surface area contributed by atoms with Crippen molar-refractivity contribution in [1.29, 1.82) is 5.26 Å². The van der Waals surface area contributed by atoms with Crippen molar-refractivity contribution in [3.8, 4) is 6.07 Å². The van der Waals surface area contributed by atoms with Crippen molar-refractivity contribution in [1.82, 2.24) is 0 Å². The molecule has 1 aromatic rings. The van der Waals surface area contributed by atoms with E-state index in [0.717, 1.165) is 12.0 Å². The molecule has 0 aromatic carbocycles. The molecule has 0 aliphatic carbocycles. The lowest BCUT2D eigenvalue weighted by molar-refractivity contribution is -0.116. The third kappa shape index (κ3) is 3.31. The summed E-state index contributed by atoms with van der Waals surface area (Å²) in [6, 6.07) is 2.19. The second-order valence-electron chi connectivity index (χ2n) is 5.01. The number of nitrogens with one attached hydrogen (secondary N) is 1. The van der Waals surface area contributed by atoms with E-state index in [-0.39, 0.29) is 11.3 Å². The van der Waals surface area contributed by atoms with E-state index in [1.807, 2.05) is 12.3 Å². The number of amides is 1. The van der Waals surface area contributed by atoms with Crippen LogP contribution in [0.4, 0.5) is 5.00 Å². The van der Waals surface area contributed by atoms with Gasteiger partial charge in [-0.15, -0.1) is 11.3 Å². The highest BCUT2D eigenvalue weighted by atomic mass is 32.1. The number of anilines is 1. The first kappa shape index (κ1) is 13.7. The quantitative estimate of drug-likeness (QED) is 0.890. The molecule has 0 bridgehead atoms. The Kier molecular flexibility index (Phi) is 4.30. The summed E-state index contributed by atoms with van der Waals surface area (Å²) in [7, 11) is 0. The molecule has 0 aliphatic heterocycles. The predicted molar refractivity (Wildman–Crippen MR) is 71.3 cm³/mol. The summed E-state index contributed by atoms with van der Waals surface area (Å²) in [5.74, 6) is -0.0219. The molecule has 4 heteroatoms. The second-order valence-corrected chi connectivity index (χ2v) is 5.89. The third-order valence-electron chi connectivity index (χ3n) is 2.44. The first-order valence-corrected chi connectivity index (χ1v) is 6.60. The van der Waals surface area contributed by atoms with Crippen LogP contribution in [0.25, 0.3) is 0 Å². The molecule has 1 heterocycles. The SMILES string of the molecule is CCCC(=O)Nc1scc(C(C)(C)C)c1C#N. The average Bonchev–Trinajstić information content (AvgIpc) is 2.60. The van der Waals surface area contributed by atoms with Crippen LogP contribution < -0.4 is 5.32 Å².